The van der Waals surface area contributed by atoms with E-state index in [0.29, 0.717) is 19.0 Å². The Kier molecular flexibility index (Phi) is 6.34. The zero-order chi connectivity index (χ0) is 22.2. The predicted molar refractivity (Wildman–Crippen MR) is 113 cm³/mol. The fourth-order valence-corrected chi connectivity index (χ4v) is 5.32. The Bertz CT molecular complexity index is 782. The topological polar surface area (TPSA) is 47.6 Å². The number of amides is 1. The summed E-state index contributed by atoms with van der Waals surface area (Å²) in [6.45, 7) is 8.53. The quantitative estimate of drug-likeness (QED) is 0.756. The molecule has 3 unspecified atom stereocenters. The fourth-order valence-electron chi connectivity index (χ4n) is 5.32. The second-order valence-corrected chi connectivity index (χ2v) is 9.89. The van der Waals surface area contributed by atoms with Crippen LogP contribution in [0.4, 0.5) is 13.2 Å². The molecule has 31 heavy (non-hydrogen) atoms. The molecule has 0 bridgehead atoms. The third-order valence-corrected chi connectivity index (χ3v) is 7.14. The Labute approximate surface area is 182 Å². The molecule has 0 radical (unpaired) electrons. The van der Waals surface area contributed by atoms with Crippen molar-refractivity contribution in [2.75, 3.05) is 26.2 Å². The minimum Gasteiger partial charge on any atom is -0.341 e. The number of nitrogens with one attached hydrogen (secondary N) is 2. The van der Waals surface area contributed by atoms with E-state index in [4.69, 9.17) is 0 Å². The van der Waals surface area contributed by atoms with Crippen LogP contribution >= 0.6 is 0 Å². The van der Waals surface area contributed by atoms with Crippen molar-refractivity contribution in [3.05, 3.63) is 35.4 Å². The number of carbonyl (C=O) groups is 1. The number of hydrogen-bond acceptors (Lipinski definition) is 4. The molecule has 1 amide bonds. The van der Waals surface area contributed by atoms with Gasteiger partial charge in [0, 0.05) is 31.6 Å². The van der Waals surface area contributed by atoms with Gasteiger partial charge in [-0.3, -0.25) is 9.69 Å². The Balaban J connectivity index is 1.33. The second kappa shape index (κ2) is 8.71. The molecule has 0 saturated carbocycles. The van der Waals surface area contributed by atoms with Crippen molar-refractivity contribution in [2.45, 2.75) is 70.3 Å². The van der Waals surface area contributed by atoms with Gasteiger partial charge in [-0.15, -0.1) is 0 Å². The molecular formula is C23H33F3N4O. The number of nitrogens with zero attached hydrogens (tertiary/aromatic N) is 2. The van der Waals surface area contributed by atoms with Crippen LogP contribution in [0.25, 0.3) is 0 Å². The molecule has 0 aliphatic carbocycles. The van der Waals surface area contributed by atoms with Crippen LogP contribution in [0.3, 0.4) is 0 Å². The van der Waals surface area contributed by atoms with E-state index in [2.05, 4.69) is 53.9 Å². The molecule has 8 heteroatoms. The Hall–Kier alpha value is -1.64. The highest BCUT2D eigenvalue weighted by atomic mass is 19.4. The zero-order valence-corrected chi connectivity index (χ0v) is 18.3. The maximum absolute atomic E-state index is 12.9. The lowest BCUT2D eigenvalue weighted by Crippen LogP contribution is -2.48. The van der Waals surface area contributed by atoms with Crippen LogP contribution in [0.15, 0.2) is 24.3 Å². The van der Waals surface area contributed by atoms with E-state index in [-0.39, 0.29) is 17.7 Å². The van der Waals surface area contributed by atoms with Crippen molar-refractivity contribution < 1.29 is 18.0 Å². The van der Waals surface area contributed by atoms with E-state index in [9.17, 15) is 18.0 Å². The van der Waals surface area contributed by atoms with Gasteiger partial charge in [0.25, 0.3) is 0 Å². The zero-order valence-electron chi connectivity index (χ0n) is 18.3. The molecule has 3 saturated heterocycles. The normalized spacial score (nSPS) is 29.9. The molecule has 1 spiro atoms. The van der Waals surface area contributed by atoms with Gasteiger partial charge in [-0.2, -0.15) is 13.2 Å². The SMILES string of the molecule is CC(C)c1ccc(CN2CCCC3(CCN(C(=O)C4CC(C(F)(F)F)NN4)C3)C2)cc1. The lowest BCUT2D eigenvalue weighted by atomic mass is 9.79. The maximum Gasteiger partial charge on any atom is 0.405 e. The highest BCUT2D eigenvalue weighted by Gasteiger charge is 2.49. The van der Waals surface area contributed by atoms with Crippen LogP contribution in [0.5, 0.6) is 0 Å². The van der Waals surface area contributed by atoms with Gasteiger partial charge in [0.05, 0.1) is 0 Å². The van der Waals surface area contributed by atoms with Crippen molar-refractivity contribution in [1.29, 1.82) is 0 Å². The van der Waals surface area contributed by atoms with Gasteiger partial charge in [0.1, 0.15) is 12.1 Å². The van der Waals surface area contributed by atoms with E-state index in [1.165, 1.54) is 11.1 Å². The number of carbonyl (C=O) groups excluding carboxylic acids is 1. The Morgan fingerprint density at radius 2 is 1.87 bits per heavy atom. The molecule has 1 aromatic carbocycles. The van der Waals surface area contributed by atoms with Crippen LogP contribution in [-0.4, -0.2) is 60.1 Å². The van der Waals surface area contributed by atoms with E-state index in [1.54, 1.807) is 4.90 Å². The van der Waals surface area contributed by atoms with Crippen LogP contribution in [0.1, 0.15) is 56.6 Å². The fraction of sp³-hybridized carbons (Fsp3) is 0.696. The van der Waals surface area contributed by atoms with Crippen LogP contribution in [0, 0.1) is 5.41 Å². The number of alkyl halides is 3. The highest BCUT2D eigenvalue weighted by Crippen LogP contribution is 2.40. The van der Waals surface area contributed by atoms with Crippen LogP contribution < -0.4 is 10.9 Å². The average molecular weight is 439 g/mol. The third kappa shape index (κ3) is 5.07. The Morgan fingerprint density at radius 3 is 2.52 bits per heavy atom. The molecule has 1 aromatic rings. The molecule has 3 heterocycles. The first-order valence-electron chi connectivity index (χ1n) is 11.3. The summed E-state index contributed by atoms with van der Waals surface area (Å²) in [4.78, 5) is 17.1. The van der Waals surface area contributed by atoms with Gasteiger partial charge >= 0.3 is 6.18 Å². The second-order valence-electron chi connectivity index (χ2n) is 9.89. The number of likely N-dealkylation sites (tertiary alicyclic amines) is 2. The summed E-state index contributed by atoms with van der Waals surface area (Å²) < 4.78 is 38.7. The largest absolute Gasteiger partial charge is 0.405 e. The molecule has 3 aliphatic rings. The van der Waals surface area contributed by atoms with E-state index >= 15 is 0 Å². The summed E-state index contributed by atoms with van der Waals surface area (Å²) in [5.74, 6) is 0.308. The molecule has 3 fully saturated rings. The molecule has 3 atom stereocenters. The summed E-state index contributed by atoms with van der Waals surface area (Å²) in [7, 11) is 0. The smallest absolute Gasteiger partial charge is 0.341 e. The molecule has 0 aromatic heterocycles. The highest BCUT2D eigenvalue weighted by molar-refractivity contribution is 5.82. The molecule has 4 rings (SSSR count). The summed E-state index contributed by atoms with van der Waals surface area (Å²) in [5.41, 5.74) is 7.49. The van der Waals surface area contributed by atoms with Crippen LogP contribution in [-0.2, 0) is 11.3 Å². The van der Waals surface area contributed by atoms with Gasteiger partial charge in [0.2, 0.25) is 5.91 Å². The maximum atomic E-state index is 12.9. The molecular weight excluding hydrogens is 405 g/mol. The number of rotatable bonds is 4. The lowest BCUT2D eigenvalue weighted by Gasteiger charge is -2.40. The molecule has 172 valence electrons. The van der Waals surface area contributed by atoms with Crippen molar-refractivity contribution in [1.82, 2.24) is 20.7 Å². The summed E-state index contributed by atoms with van der Waals surface area (Å²) in [5, 5.41) is 0. The molecule has 5 nitrogen and oxygen atoms in total. The van der Waals surface area contributed by atoms with Gasteiger partial charge in [-0.25, -0.2) is 10.9 Å². The third-order valence-electron chi connectivity index (χ3n) is 7.14. The Morgan fingerprint density at radius 1 is 1.13 bits per heavy atom. The van der Waals surface area contributed by atoms with E-state index in [1.807, 2.05) is 0 Å². The van der Waals surface area contributed by atoms with Crippen molar-refractivity contribution >= 4 is 5.91 Å². The lowest BCUT2D eigenvalue weighted by molar-refractivity contribution is -0.153. The van der Waals surface area contributed by atoms with Crippen LogP contribution in [0.2, 0.25) is 0 Å². The first-order valence-corrected chi connectivity index (χ1v) is 11.3. The minimum atomic E-state index is -4.34. The molecule has 2 N–H and O–H groups in total. The predicted octanol–water partition coefficient (Wildman–Crippen LogP) is 3.42. The first kappa shape index (κ1) is 22.6. The van der Waals surface area contributed by atoms with Gasteiger partial charge in [-0.05, 0) is 49.3 Å². The number of piperidine rings is 1. The number of benzene rings is 1. The van der Waals surface area contributed by atoms with Crippen molar-refractivity contribution in [3.8, 4) is 0 Å². The van der Waals surface area contributed by atoms with E-state index in [0.717, 1.165) is 38.9 Å². The average Bonchev–Trinajstić information content (AvgIpc) is 3.36. The summed E-state index contributed by atoms with van der Waals surface area (Å²) >= 11 is 0. The van der Waals surface area contributed by atoms with Gasteiger partial charge < -0.3 is 4.90 Å². The minimum absolute atomic E-state index is 0.0568. The monoisotopic (exact) mass is 438 g/mol. The first-order chi connectivity index (χ1) is 14.7. The number of halogens is 3. The standard InChI is InChI=1S/C23H33F3N4O/c1-16(2)18-6-4-17(5-7-18)13-29-10-3-8-22(14-29)9-11-30(15-22)21(31)19-12-20(28-27-19)23(24,25)26/h4-7,16,19-20,27-28H,3,8-15H2,1-2H3. The number of hydrogen-bond donors (Lipinski definition) is 2. The summed E-state index contributed by atoms with van der Waals surface area (Å²) in [6.07, 6.45) is -1.51. The van der Waals surface area contributed by atoms with Gasteiger partial charge in [0.15, 0.2) is 0 Å². The van der Waals surface area contributed by atoms with Crippen molar-refractivity contribution in [3.63, 3.8) is 0 Å². The van der Waals surface area contributed by atoms with E-state index < -0.39 is 18.3 Å². The molecule has 3 aliphatic heterocycles. The van der Waals surface area contributed by atoms with Crippen molar-refractivity contribution in [2.24, 2.45) is 5.41 Å². The summed E-state index contributed by atoms with van der Waals surface area (Å²) in [6, 6.07) is 6.35. The van der Waals surface area contributed by atoms with Gasteiger partial charge in [-0.1, -0.05) is 38.1 Å². The number of hydrazine groups is 1.